The van der Waals surface area contributed by atoms with Gasteiger partial charge in [0.05, 0.1) is 16.5 Å². The molecule has 1 aromatic heterocycles. The van der Waals surface area contributed by atoms with Crippen molar-refractivity contribution in [3.05, 3.63) is 64.0 Å². The second-order valence-corrected chi connectivity index (χ2v) is 6.13. The molecule has 2 atom stereocenters. The number of non-ortho nitro benzene ring substituents is 1. The summed E-state index contributed by atoms with van der Waals surface area (Å²) >= 11 is 0. The molecule has 0 saturated carbocycles. The minimum atomic E-state index is -0.526. The number of pyridine rings is 1. The lowest BCUT2D eigenvalue weighted by Gasteiger charge is -2.25. The van der Waals surface area contributed by atoms with Crippen LogP contribution in [0.5, 0.6) is 0 Å². The third-order valence-corrected chi connectivity index (χ3v) is 4.32. The van der Waals surface area contributed by atoms with Crippen molar-refractivity contribution in [3.63, 3.8) is 0 Å². The Morgan fingerprint density at radius 1 is 1.42 bits per heavy atom. The smallest absolute Gasteiger partial charge is 0.270 e. The highest BCUT2D eigenvalue weighted by molar-refractivity contribution is 6.00. The van der Waals surface area contributed by atoms with E-state index in [-0.39, 0.29) is 28.9 Å². The Morgan fingerprint density at radius 3 is 2.88 bits per heavy atom. The molecule has 0 aliphatic carbocycles. The molecule has 7 heteroatoms. The first-order chi connectivity index (χ1) is 11.5. The monoisotopic (exact) mass is 326 g/mol. The molecule has 24 heavy (non-hydrogen) atoms. The summed E-state index contributed by atoms with van der Waals surface area (Å²) in [7, 11) is 0. The molecule has 1 aliphatic heterocycles. The molecule has 124 valence electrons. The van der Waals surface area contributed by atoms with Crippen LogP contribution in [0.2, 0.25) is 0 Å². The summed E-state index contributed by atoms with van der Waals surface area (Å²) in [6.07, 6.45) is 4.26. The van der Waals surface area contributed by atoms with Gasteiger partial charge in [0.15, 0.2) is 0 Å². The van der Waals surface area contributed by atoms with Gasteiger partial charge in [0.1, 0.15) is 0 Å². The molecule has 0 unspecified atom stereocenters. The van der Waals surface area contributed by atoms with Crippen LogP contribution in [0, 0.1) is 16.0 Å². The molecule has 1 fully saturated rings. The molecule has 0 radical (unpaired) electrons. The van der Waals surface area contributed by atoms with Gasteiger partial charge in [-0.15, -0.1) is 0 Å². The van der Waals surface area contributed by atoms with Gasteiger partial charge in [-0.2, -0.15) is 0 Å². The van der Waals surface area contributed by atoms with Gasteiger partial charge in [-0.1, -0.05) is 13.0 Å². The van der Waals surface area contributed by atoms with Crippen molar-refractivity contribution >= 4 is 17.3 Å². The van der Waals surface area contributed by atoms with Crippen molar-refractivity contribution in [1.29, 1.82) is 0 Å². The zero-order valence-corrected chi connectivity index (χ0v) is 13.3. The van der Waals surface area contributed by atoms with Gasteiger partial charge in [0, 0.05) is 36.8 Å². The van der Waals surface area contributed by atoms with Crippen molar-refractivity contribution in [3.8, 4) is 0 Å². The van der Waals surface area contributed by atoms with Crippen molar-refractivity contribution in [2.45, 2.75) is 19.4 Å². The third kappa shape index (κ3) is 2.92. The van der Waals surface area contributed by atoms with Gasteiger partial charge < -0.3 is 10.6 Å². The van der Waals surface area contributed by atoms with E-state index in [0.29, 0.717) is 12.5 Å². The summed E-state index contributed by atoms with van der Waals surface area (Å²) in [5.74, 6) is 0.0495. The predicted molar refractivity (Wildman–Crippen MR) is 89.3 cm³/mol. The quantitative estimate of drug-likeness (QED) is 0.531. The van der Waals surface area contributed by atoms with Crippen molar-refractivity contribution in [2.24, 2.45) is 5.92 Å². The first-order valence-electron chi connectivity index (χ1n) is 7.72. The van der Waals surface area contributed by atoms with Crippen LogP contribution in [0.4, 0.5) is 11.4 Å². The second-order valence-electron chi connectivity index (χ2n) is 6.13. The maximum Gasteiger partial charge on any atom is 0.270 e. The summed E-state index contributed by atoms with van der Waals surface area (Å²) in [4.78, 5) is 29.3. The van der Waals surface area contributed by atoms with Crippen molar-refractivity contribution < 1.29 is 9.72 Å². The van der Waals surface area contributed by atoms with Crippen LogP contribution in [0.15, 0.2) is 42.7 Å². The second kappa shape index (κ2) is 6.27. The molecule has 1 aromatic carbocycles. The van der Waals surface area contributed by atoms with E-state index >= 15 is 0 Å². The van der Waals surface area contributed by atoms with Crippen LogP contribution >= 0.6 is 0 Å². The average molecular weight is 326 g/mol. The fourth-order valence-electron chi connectivity index (χ4n) is 3.16. The van der Waals surface area contributed by atoms with E-state index in [9.17, 15) is 14.9 Å². The zero-order chi connectivity index (χ0) is 17.3. The van der Waals surface area contributed by atoms with E-state index in [4.69, 9.17) is 5.73 Å². The van der Waals surface area contributed by atoms with Crippen LogP contribution < -0.4 is 5.73 Å². The molecule has 2 heterocycles. The Hall–Kier alpha value is -2.96. The molecule has 0 bridgehead atoms. The molecule has 1 saturated heterocycles. The Labute approximate surface area is 139 Å². The number of hydrogen-bond acceptors (Lipinski definition) is 5. The predicted octanol–water partition coefficient (Wildman–Crippen LogP) is 2.80. The zero-order valence-electron chi connectivity index (χ0n) is 13.3. The fourth-order valence-corrected chi connectivity index (χ4v) is 3.16. The molecule has 0 spiro atoms. The molecule has 2 N–H and O–H groups in total. The minimum absolute atomic E-state index is 0.0973. The third-order valence-electron chi connectivity index (χ3n) is 4.32. The molecular weight excluding hydrogens is 308 g/mol. The topological polar surface area (TPSA) is 102 Å². The van der Waals surface area contributed by atoms with Gasteiger partial charge in [-0.25, -0.2) is 0 Å². The maximum atomic E-state index is 13.0. The van der Waals surface area contributed by atoms with Crippen molar-refractivity contribution in [2.75, 3.05) is 12.3 Å². The minimum Gasteiger partial charge on any atom is -0.398 e. The first-order valence-corrected chi connectivity index (χ1v) is 7.72. The van der Waals surface area contributed by atoms with Gasteiger partial charge in [0.2, 0.25) is 0 Å². The molecule has 3 rings (SSSR count). The highest BCUT2D eigenvalue weighted by atomic mass is 16.6. The number of hydrogen-bond donors (Lipinski definition) is 1. The van der Waals surface area contributed by atoms with E-state index < -0.39 is 4.92 Å². The number of anilines is 1. The lowest BCUT2D eigenvalue weighted by molar-refractivity contribution is -0.384. The van der Waals surface area contributed by atoms with Gasteiger partial charge in [-0.3, -0.25) is 19.9 Å². The lowest BCUT2D eigenvalue weighted by Crippen LogP contribution is -2.31. The number of nitrogen functional groups attached to an aromatic ring is 1. The Balaban J connectivity index is 1.96. The first kappa shape index (κ1) is 15.9. The normalized spacial score (nSPS) is 20.1. The van der Waals surface area contributed by atoms with E-state index in [2.05, 4.69) is 11.9 Å². The van der Waals surface area contributed by atoms with E-state index in [0.717, 1.165) is 12.0 Å². The summed E-state index contributed by atoms with van der Waals surface area (Å²) in [5, 5.41) is 11.0. The van der Waals surface area contributed by atoms with Crippen molar-refractivity contribution in [1.82, 2.24) is 9.88 Å². The molecular formula is C17H18N4O3. The lowest BCUT2D eigenvalue weighted by atomic mass is 10.0. The fraction of sp³-hybridized carbons (Fsp3) is 0.294. The Bertz CT molecular complexity index is 779. The maximum absolute atomic E-state index is 13.0. The van der Waals surface area contributed by atoms with Crippen LogP contribution in [-0.2, 0) is 0 Å². The van der Waals surface area contributed by atoms with E-state index in [1.807, 2.05) is 12.1 Å². The number of likely N-dealkylation sites (tertiary alicyclic amines) is 1. The summed E-state index contributed by atoms with van der Waals surface area (Å²) in [6.45, 7) is 2.66. The van der Waals surface area contributed by atoms with E-state index in [1.54, 1.807) is 17.3 Å². The highest BCUT2D eigenvalue weighted by Gasteiger charge is 2.35. The number of carbonyl (C=O) groups excluding carboxylic acids is 1. The SMILES string of the molecule is C[C@H]1C[C@@H](c2cccnc2)N(C(=O)c2cc([N+](=O)[O-])ccc2N)C1. The van der Waals surface area contributed by atoms with Crippen LogP contribution in [0.3, 0.4) is 0 Å². The number of nitro benzene ring substituents is 1. The number of rotatable bonds is 3. The van der Waals surface area contributed by atoms with Gasteiger partial charge in [0.25, 0.3) is 11.6 Å². The molecule has 1 amide bonds. The van der Waals surface area contributed by atoms with Crippen LogP contribution in [-0.4, -0.2) is 27.3 Å². The Morgan fingerprint density at radius 2 is 2.21 bits per heavy atom. The number of benzene rings is 1. The van der Waals surface area contributed by atoms with Gasteiger partial charge >= 0.3 is 0 Å². The molecule has 7 nitrogen and oxygen atoms in total. The summed E-state index contributed by atoms with van der Waals surface area (Å²) in [5.41, 5.74) is 7.13. The number of nitrogens with two attached hydrogens (primary N) is 1. The molecule has 2 aromatic rings. The summed E-state index contributed by atoms with van der Waals surface area (Å²) in [6, 6.07) is 7.64. The number of nitro groups is 1. The van der Waals surface area contributed by atoms with Crippen LogP contribution in [0.25, 0.3) is 0 Å². The Kier molecular flexibility index (Phi) is 4.16. The number of nitrogens with zero attached hydrogens (tertiary/aromatic N) is 3. The number of amides is 1. The van der Waals surface area contributed by atoms with Gasteiger partial charge in [-0.05, 0) is 30.0 Å². The van der Waals surface area contributed by atoms with E-state index in [1.165, 1.54) is 18.2 Å². The summed E-state index contributed by atoms with van der Waals surface area (Å²) < 4.78 is 0. The molecule has 1 aliphatic rings. The van der Waals surface area contributed by atoms with Crippen LogP contribution in [0.1, 0.15) is 35.3 Å². The standard InChI is InChI=1S/C17H18N4O3/c1-11-7-16(12-3-2-6-19-9-12)20(10-11)17(22)14-8-13(21(23)24)4-5-15(14)18/h2-6,8-9,11,16H,7,10,18H2,1H3/t11-,16-/m0/s1. The average Bonchev–Trinajstić information content (AvgIpc) is 2.97. The highest BCUT2D eigenvalue weighted by Crippen LogP contribution is 2.36. The number of carbonyl (C=O) groups is 1. The number of aromatic nitrogens is 1. The largest absolute Gasteiger partial charge is 0.398 e.